The van der Waals surface area contributed by atoms with Crippen molar-refractivity contribution in [1.29, 1.82) is 0 Å². The van der Waals surface area contributed by atoms with E-state index in [2.05, 4.69) is 38.2 Å². The molecule has 0 aromatic carbocycles. The summed E-state index contributed by atoms with van der Waals surface area (Å²) in [5, 5.41) is 4.69. The van der Waals surface area contributed by atoms with Crippen LogP contribution < -0.4 is 5.43 Å². The summed E-state index contributed by atoms with van der Waals surface area (Å²) in [7, 11) is 0. The summed E-state index contributed by atoms with van der Waals surface area (Å²) in [5.74, 6) is 0.743. The van der Waals surface area contributed by atoms with E-state index in [1.165, 1.54) is 37.8 Å². The minimum absolute atomic E-state index is 0.351. The highest BCUT2D eigenvalue weighted by atomic mass is 15.3. The molecule has 0 radical (unpaired) electrons. The summed E-state index contributed by atoms with van der Waals surface area (Å²) in [5.41, 5.74) is 5.02. The van der Waals surface area contributed by atoms with Gasteiger partial charge in [0.05, 0.1) is 0 Å². The Labute approximate surface area is 107 Å². The van der Waals surface area contributed by atoms with Gasteiger partial charge < -0.3 is 5.43 Å². The predicted molar refractivity (Wildman–Crippen MR) is 76.4 cm³/mol. The van der Waals surface area contributed by atoms with Gasteiger partial charge in [-0.1, -0.05) is 47.0 Å². The Balaban J connectivity index is 2.59. The third kappa shape index (κ3) is 6.09. The fraction of sp³-hybridized carbons (Fsp3) is 0.933. The fourth-order valence-electron chi connectivity index (χ4n) is 2.52. The van der Waals surface area contributed by atoms with E-state index in [9.17, 15) is 0 Å². The Bertz CT molecular complexity index is 232. The molecule has 0 aromatic heterocycles. The molecule has 1 aliphatic carbocycles. The maximum absolute atomic E-state index is 4.69. The van der Waals surface area contributed by atoms with Gasteiger partial charge >= 0.3 is 0 Å². The first-order chi connectivity index (χ1) is 8.03. The second-order valence-corrected chi connectivity index (χ2v) is 6.58. The zero-order valence-electron chi connectivity index (χ0n) is 12.2. The molecule has 1 fully saturated rings. The Morgan fingerprint density at radius 2 is 1.82 bits per heavy atom. The lowest BCUT2D eigenvalue weighted by Gasteiger charge is -2.28. The summed E-state index contributed by atoms with van der Waals surface area (Å²) in [4.78, 5) is 0. The Morgan fingerprint density at radius 1 is 1.18 bits per heavy atom. The van der Waals surface area contributed by atoms with Crippen LogP contribution in [0.4, 0.5) is 0 Å². The van der Waals surface area contributed by atoms with Crippen molar-refractivity contribution in [3.63, 3.8) is 0 Å². The second kappa shape index (κ2) is 7.03. The first-order valence-corrected chi connectivity index (χ1v) is 7.32. The molecule has 100 valence electrons. The number of hydrogen-bond acceptors (Lipinski definition) is 2. The Morgan fingerprint density at radius 3 is 2.35 bits per heavy atom. The molecule has 17 heavy (non-hydrogen) atoms. The Hall–Kier alpha value is -0.530. The molecule has 2 heteroatoms. The smallest absolute Gasteiger partial charge is 0.0414 e. The highest BCUT2D eigenvalue weighted by Gasteiger charge is 2.23. The summed E-state index contributed by atoms with van der Waals surface area (Å²) in [6.07, 6.45) is 9.18. The van der Waals surface area contributed by atoms with Crippen LogP contribution in [0.3, 0.4) is 0 Å². The minimum Gasteiger partial charge on any atom is -0.310 e. The van der Waals surface area contributed by atoms with Crippen molar-refractivity contribution >= 4 is 5.71 Å². The van der Waals surface area contributed by atoms with Crippen molar-refractivity contribution in [2.24, 2.45) is 16.4 Å². The average Bonchev–Trinajstić information content (AvgIpc) is 2.28. The molecular formula is C15H30N2. The third-order valence-corrected chi connectivity index (χ3v) is 3.37. The highest BCUT2D eigenvalue weighted by molar-refractivity contribution is 5.87. The van der Waals surface area contributed by atoms with Crippen molar-refractivity contribution in [1.82, 2.24) is 5.43 Å². The number of hydrazone groups is 1. The van der Waals surface area contributed by atoms with Crippen LogP contribution in [0, 0.1) is 11.3 Å². The molecule has 0 aromatic rings. The van der Waals surface area contributed by atoms with Gasteiger partial charge in [0.2, 0.25) is 0 Å². The van der Waals surface area contributed by atoms with Crippen LogP contribution >= 0.6 is 0 Å². The topological polar surface area (TPSA) is 24.4 Å². The molecule has 0 atom stereocenters. The van der Waals surface area contributed by atoms with Gasteiger partial charge in [0.15, 0.2) is 0 Å². The average molecular weight is 238 g/mol. The van der Waals surface area contributed by atoms with Crippen LogP contribution in [0.15, 0.2) is 5.10 Å². The molecule has 1 N–H and O–H groups in total. The second-order valence-electron chi connectivity index (χ2n) is 6.58. The van der Waals surface area contributed by atoms with E-state index in [4.69, 9.17) is 0 Å². The van der Waals surface area contributed by atoms with Crippen LogP contribution in [-0.4, -0.2) is 12.3 Å². The van der Waals surface area contributed by atoms with E-state index in [-0.39, 0.29) is 0 Å². The molecule has 1 rings (SSSR count). The van der Waals surface area contributed by atoms with E-state index >= 15 is 0 Å². The number of nitrogens with one attached hydrogen (secondary N) is 1. The predicted octanol–water partition coefficient (Wildman–Crippen LogP) is 4.36. The lowest BCUT2D eigenvalue weighted by Crippen LogP contribution is -2.26. The molecule has 2 nitrogen and oxygen atoms in total. The van der Waals surface area contributed by atoms with Gasteiger partial charge in [0.25, 0.3) is 0 Å². The van der Waals surface area contributed by atoms with E-state index in [1.807, 2.05) is 0 Å². The summed E-state index contributed by atoms with van der Waals surface area (Å²) < 4.78 is 0. The van der Waals surface area contributed by atoms with Crippen LogP contribution in [0.25, 0.3) is 0 Å². The third-order valence-electron chi connectivity index (χ3n) is 3.37. The molecule has 0 unspecified atom stereocenters. The molecule has 0 amide bonds. The summed E-state index contributed by atoms with van der Waals surface area (Å²) >= 11 is 0. The first-order valence-electron chi connectivity index (χ1n) is 7.32. The monoisotopic (exact) mass is 238 g/mol. The lowest BCUT2D eigenvalue weighted by atomic mass is 9.79. The van der Waals surface area contributed by atoms with Crippen LogP contribution in [-0.2, 0) is 0 Å². The summed E-state index contributed by atoms with van der Waals surface area (Å²) in [6, 6.07) is 0. The number of hydrogen-bond donors (Lipinski definition) is 1. The van der Waals surface area contributed by atoms with Crippen molar-refractivity contribution in [2.75, 3.05) is 6.54 Å². The van der Waals surface area contributed by atoms with Gasteiger partial charge in [0.1, 0.15) is 0 Å². The molecule has 1 aliphatic rings. The van der Waals surface area contributed by atoms with E-state index in [0.717, 1.165) is 25.3 Å². The van der Waals surface area contributed by atoms with Gasteiger partial charge in [-0.2, -0.15) is 5.10 Å². The van der Waals surface area contributed by atoms with Crippen molar-refractivity contribution < 1.29 is 0 Å². The molecule has 1 saturated carbocycles. The van der Waals surface area contributed by atoms with Gasteiger partial charge in [-0.05, 0) is 37.0 Å². The zero-order chi connectivity index (χ0) is 12.7. The van der Waals surface area contributed by atoms with E-state index in [1.54, 1.807) is 0 Å². The van der Waals surface area contributed by atoms with E-state index < -0.39 is 0 Å². The standard InChI is InChI=1S/C15H30N2/c1-5-11-16-17-14(12-15(2,3)4)13-9-7-6-8-10-13/h13,16H,5-12H2,1-4H3/b17-14-. The largest absolute Gasteiger partial charge is 0.310 e. The fourth-order valence-corrected chi connectivity index (χ4v) is 2.52. The number of rotatable bonds is 5. The van der Waals surface area contributed by atoms with Crippen molar-refractivity contribution in [3.05, 3.63) is 0 Å². The molecule has 0 bridgehead atoms. The SMILES string of the molecule is CCCN/N=C(/CC(C)(C)C)C1CCCCC1. The zero-order valence-corrected chi connectivity index (χ0v) is 12.2. The Kier molecular flexibility index (Phi) is 6.01. The summed E-state index contributed by atoms with van der Waals surface area (Å²) in [6.45, 7) is 10.1. The van der Waals surface area contributed by atoms with Crippen molar-refractivity contribution in [2.45, 2.75) is 72.6 Å². The van der Waals surface area contributed by atoms with Gasteiger partial charge in [-0.3, -0.25) is 0 Å². The van der Waals surface area contributed by atoms with Crippen LogP contribution in [0.5, 0.6) is 0 Å². The van der Waals surface area contributed by atoms with Crippen molar-refractivity contribution in [3.8, 4) is 0 Å². The molecule has 0 heterocycles. The van der Waals surface area contributed by atoms with Crippen LogP contribution in [0.1, 0.15) is 72.6 Å². The van der Waals surface area contributed by atoms with Crippen LogP contribution in [0.2, 0.25) is 0 Å². The minimum atomic E-state index is 0.351. The van der Waals surface area contributed by atoms with Gasteiger partial charge in [0, 0.05) is 12.3 Å². The molecule has 0 spiro atoms. The van der Waals surface area contributed by atoms with Gasteiger partial charge in [-0.15, -0.1) is 0 Å². The molecule has 0 aliphatic heterocycles. The number of nitrogens with zero attached hydrogens (tertiary/aromatic N) is 1. The van der Waals surface area contributed by atoms with E-state index in [0.29, 0.717) is 5.41 Å². The maximum atomic E-state index is 4.69. The molecular weight excluding hydrogens is 208 g/mol. The normalized spacial score (nSPS) is 19.4. The highest BCUT2D eigenvalue weighted by Crippen LogP contribution is 2.30. The maximum Gasteiger partial charge on any atom is 0.0414 e. The van der Waals surface area contributed by atoms with Gasteiger partial charge in [-0.25, -0.2) is 0 Å². The lowest BCUT2D eigenvalue weighted by molar-refractivity contribution is 0.392. The quantitative estimate of drug-likeness (QED) is 0.429. The first kappa shape index (κ1) is 14.5. The molecule has 0 saturated heterocycles.